The van der Waals surface area contributed by atoms with E-state index < -0.39 is 0 Å². The molecule has 0 saturated heterocycles. The van der Waals surface area contributed by atoms with Crippen LogP contribution in [0.4, 0.5) is 0 Å². The lowest BCUT2D eigenvalue weighted by atomic mass is 9.84. The smallest absolute Gasteiger partial charge is 0.159 e. The van der Waals surface area contributed by atoms with E-state index in [1.807, 2.05) is 19.1 Å². The van der Waals surface area contributed by atoms with Gasteiger partial charge in [-0.25, -0.2) is 0 Å². The summed E-state index contributed by atoms with van der Waals surface area (Å²) in [4.78, 5) is 22.4. The fraction of sp³-hybridized carbons (Fsp3) is 0.455. The van der Waals surface area contributed by atoms with Crippen LogP contribution in [0.2, 0.25) is 0 Å². The molecule has 1 atom stereocenters. The second-order valence-corrected chi connectivity index (χ2v) is 3.45. The normalized spacial score (nSPS) is 21.9. The van der Waals surface area contributed by atoms with E-state index in [9.17, 15) is 9.59 Å². The summed E-state index contributed by atoms with van der Waals surface area (Å²) in [7, 11) is 0. The van der Waals surface area contributed by atoms with Crippen LogP contribution in [-0.2, 0) is 9.59 Å². The van der Waals surface area contributed by atoms with Gasteiger partial charge in [-0.3, -0.25) is 9.59 Å². The molecule has 0 radical (unpaired) electrons. The van der Waals surface area contributed by atoms with E-state index in [0.717, 1.165) is 12.0 Å². The van der Waals surface area contributed by atoms with Gasteiger partial charge in [0, 0.05) is 11.5 Å². The second-order valence-electron chi connectivity index (χ2n) is 3.45. The molecule has 0 aromatic carbocycles. The molecule has 0 heterocycles. The Morgan fingerprint density at radius 3 is 2.46 bits per heavy atom. The summed E-state index contributed by atoms with van der Waals surface area (Å²) in [5.41, 5.74) is 1.62. The maximum absolute atomic E-state index is 11.2. The number of Topliss-reactive ketones (excluding diaryl/α,β-unsaturated/α-hetero) is 2. The fourth-order valence-electron chi connectivity index (χ4n) is 1.68. The molecule has 0 fully saturated rings. The lowest BCUT2D eigenvalue weighted by Crippen LogP contribution is -2.17. The summed E-state index contributed by atoms with van der Waals surface area (Å²) in [6.45, 7) is 4.98. The van der Waals surface area contributed by atoms with Crippen molar-refractivity contribution in [2.45, 2.75) is 27.2 Å². The maximum atomic E-state index is 11.2. The van der Waals surface area contributed by atoms with E-state index in [1.54, 1.807) is 6.92 Å². The Morgan fingerprint density at radius 1 is 1.38 bits per heavy atom. The van der Waals surface area contributed by atoms with Crippen LogP contribution in [-0.4, -0.2) is 11.6 Å². The number of ketones is 2. The average Bonchev–Trinajstić information content (AvgIpc) is 2.03. The lowest BCUT2D eigenvalue weighted by molar-refractivity contribution is -0.119. The van der Waals surface area contributed by atoms with Crippen molar-refractivity contribution in [1.82, 2.24) is 0 Å². The first-order valence-electron chi connectivity index (χ1n) is 4.42. The number of hydrogen-bond acceptors (Lipinski definition) is 2. The van der Waals surface area contributed by atoms with Crippen LogP contribution in [0.5, 0.6) is 0 Å². The van der Waals surface area contributed by atoms with E-state index in [-0.39, 0.29) is 17.5 Å². The molecule has 0 spiro atoms. The Hall–Kier alpha value is -1.18. The van der Waals surface area contributed by atoms with Crippen LogP contribution in [0.15, 0.2) is 23.3 Å². The van der Waals surface area contributed by atoms with Gasteiger partial charge in [-0.05, 0) is 27.2 Å². The minimum atomic E-state index is -0.0797. The van der Waals surface area contributed by atoms with Gasteiger partial charge < -0.3 is 0 Å². The van der Waals surface area contributed by atoms with Crippen molar-refractivity contribution in [3.05, 3.63) is 23.3 Å². The van der Waals surface area contributed by atoms with E-state index in [2.05, 4.69) is 0 Å². The van der Waals surface area contributed by atoms with Crippen LogP contribution in [0.25, 0.3) is 0 Å². The summed E-state index contributed by atoms with van der Waals surface area (Å²) in [5.74, 6) is 0.101. The Morgan fingerprint density at radius 2 is 2.00 bits per heavy atom. The van der Waals surface area contributed by atoms with Crippen LogP contribution < -0.4 is 0 Å². The molecule has 2 nitrogen and oxygen atoms in total. The fourth-order valence-corrected chi connectivity index (χ4v) is 1.68. The molecule has 0 saturated carbocycles. The minimum absolute atomic E-state index is 0.0414. The summed E-state index contributed by atoms with van der Waals surface area (Å²) in [6.07, 6.45) is 4.45. The zero-order valence-electron chi connectivity index (χ0n) is 8.26. The third-order valence-corrected chi connectivity index (χ3v) is 2.47. The molecule has 0 aliphatic heterocycles. The monoisotopic (exact) mass is 178 g/mol. The highest BCUT2D eigenvalue weighted by Gasteiger charge is 2.21. The molecule has 0 bridgehead atoms. The molecule has 0 aromatic heterocycles. The third-order valence-electron chi connectivity index (χ3n) is 2.47. The highest BCUT2D eigenvalue weighted by atomic mass is 16.1. The topological polar surface area (TPSA) is 34.1 Å². The molecule has 1 aliphatic carbocycles. The number of carbonyl (C=O) groups excluding carboxylic acids is 2. The molecule has 13 heavy (non-hydrogen) atoms. The van der Waals surface area contributed by atoms with Gasteiger partial charge in [0.1, 0.15) is 5.78 Å². The number of allylic oxidation sites excluding steroid dienone is 4. The first-order valence-corrected chi connectivity index (χ1v) is 4.42. The number of hydrogen-bond donors (Lipinski definition) is 0. The quantitative estimate of drug-likeness (QED) is 0.648. The van der Waals surface area contributed by atoms with E-state index in [1.165, 1.54) is 6.92 Å². The molecule has 70 valence electrons. The largest absolute Gasteiger partial charge is 0.299 e. The Labute approximate surface area is 78.3 Å². The molecule has 0 aromatic rings. The van der Waals surface area contributed by atoms with E-state index in [0.29, 0.717) is 5.57 Å². The van der Waals surface area contributed by atoms with Gasteiger partial charge in [-0.2, -0.15) is 0 Å². The van der Waals surface area contributed by atoms with Crippen molar-refractivity contribution in [3.63, 3.8) is 0 Å². The molecular weight excluding hydrogens is 164 g/mol. The highest BCUT2D eigenvalue weighted by Crippen LogP contribution is 2.26. The van der Waals surface area contributed by atoms with Crippen molar-refractivity contribution in [3.8, 4) is 0 Å². The van der Waals surface area contributed by atoms with Crippen molar-refractivity contribution in [2.24, 2.45) is 5.92 Å². The summed E-state index contributed by atoms with van der Waals surface area (Å²) in [5, 5.41) is 0. The van der Waals surface area contributed by atoms with Crippen LogP contribution >= 0.6 is 0 Å². The molecule has 1 rings (SSSR count). The highest BCUT2D eigenvalue weighted by molar-refractivity contribution is 5.98. The van der Waals surface area contributed by atoms with Gasteiger partial charge in [0.2, 0.25) is 0 Å². The van der Waals surface area contributed by atoms with Crippen LogP contribution in [0.3, 0.4) is 0 Å². The SMILES string of the molecule is CC(=O)C1=C(C)[C@H](C(C)=O)CC=C1. The van der Waals surface area contributed by atoms with Crippen molar-refractivity contribution >= 4 is 11.6 Å². The predicted molar refractivity (Wildman–Crippen MR) is 51.3 cm³/mol. The molecule has 0 amide bonds. The van der Waals surface area contributed by atoms with Gasteiger partial charge in [-0.1, -0.05) is 17.7 Å². The van der Waals surface area contributed by atoms with Crippen molar-refractivity contribution in [2.75, 3.05) is 0 Å². The van der Waals surface area contributed by atoms with Gasteiger partial charge >= 0.3 is 0 Å². The van der Waals surface area contributed by atoms with Crippen molar-refractivity contribution < 1.29 is 9.59 Å². The Bertz CT molecular complexity index is 308. The van der Waals surface area contributed by atoms with Crippen molar-refractivity contribution in [1.29, 1.82) is 0 Å². The maximum Gasteiger partial charge on any atom is 0.159 e. The van der Waals surface area contributed by atoms with Gasteiger partial charge in [0.15, 0.2) is 5.78 Å². The average molecular weight is 178 g/mol. The molecule has 0 unspecified atom stereocenters. The first kappa shape index (κ1) is 9.90. The Balaban J connectivity index is 3.05. The van der Waals surface area contributed by atoms with Gasteiger partial charge in [0.05, 0.1) is 0 Å². The second kappa shape index (κ2) is 3.69. The molecule has 1 aliphatic rings. The summed E-state index contributed by atoms with van der Waals surface area (Å²) in [6, 6.07) is 0. The molecular formula is C11H14O2. The van der Waals surface area contributed by atoms with E-state index >= 15 is 0 Å². The third kappa shape index (κ3) is 1.94. The van der Waals surface area contributed by atoms with E-state index in [4.69, 9.17) is 0 Å². The summed E-state index contributed by atoms with van der Waals surface area (Å²) >= 11 is 0. The first-order chi connectivity index (χ1) is 6.04. The molecule has 0 N–H and O–H groups in total. The lowest BCUT2D eigenvalue weighted by Gasteiger charge is -2.18. The molecule has 2 heteroatoms. The predicted octanol–water partition coefficient (Wildman–Crippen LogP) is 2.06. The minimum Gasteiger partial charge on any atom is -0.299 e. The number of rotatable bonds is 2. The zero-order chi connectivity index (χ0) is 10.0. The van der Waals surface area contributed by atoms with Crippen LogP contribution in [0, 0.1) is 5.92 Å². The Kier molecular flexibility index (Phi) is 2.81. The van der Waals surface area contributed by atoms with Crippen LogP contribution in [0.1, 0.15) is 27.2 Å². The number of carbonyl (C=O) groups is 2. The van der Waals surface area contributed by atoms with Gasteiger partial charge in [0.25, 0.3) is 0 Å². The standard InChI is InChI=1S/C11H14O2/c1-7-10(8(2)12)5-4-6-11(7)9(3)13/h4-5,11H,6H2,1-3H3/t11-/m1/s1. The van der Waals surface area contributed by atoms with Gasteiger partial charge in [-0.15, -0.1) is 0 Å². The zero-order valence-corrected chi connectivity index (χ0v) is 8.26. The summed E-state index contributed by atoms with van der Waals surface area (Å²) < 4.78 is 0.